The molecule has 0 aromatic heterocycles. The summed E-state index contributed by atoms with van der Waals surface area (Å²) >= 11 is 0. The highest BCUT2D eigenvalue weighted by atomic mass is 14.8. The molecule has 1 fully saturated rings. The van der Waals surface area contributed by atoms with Crippen molar-refractivity contribution in [3.63, 3.8) is 0 Å². The summed E-state index contributed by atoms with van der Waals surface area (Å²) in [5.74, 6) is 0.636. The highest BCUT2D eigenvalue weighted by Crippen LogP contribution is 2.40. The van der Waals surface area contributed by atoms with Crippen molar-refractivity contribution in [3.8, 4) is 0 Å². The zero-order chi connectivity index (χ0) is 13.0. The van der Waals surface area contributed by atoms with Crippen LogP contribution in [0.5, 0.6) is 0 Å². The van der Waals surface area contributed by atoms with Gasteiger partial charge in [0.2, 0.25) is 0 Å². The number of hydrogen-bond acceptors (Lipinski definition) is 1. The number of benzene rings is 1. The van der Waals surface area contributed by atoms with Crippen molar-refractivity contribution in [2.24, 2.45) is 5.41 Å². The molecule has 0 atom stereocenters. The molecule has 0 saturated heterocycles. The van der Waals surface area contributed by atoms with Crippen LogP contribution in [0.2, 0.25) is 0 Å². The van der Waals surface area contributed by atoms with Crippen LogP contribution in [0, 0.1) is 5.41 Å². The predicted molar refractivity (Wildman–Crippen MR) is 79.1 cm³/mol. The number of hydrogen-bond donors (Lipinski definition) is 1. The zero-order valence-corrected chi connectivity index (χ0v) is 12.1. The van der Waals surface area contributed by atoms with Crippen LogP contribution in [0.15, 0.2) is 24.3 Å². The second kappa shape index (κ2) is 5.88. The van der Waals surface area contributed by atoms with Crippen molar-refractivity contribution >= 4 is 0 Å². The molecule has 18 heavy (non-hydrogen) atoms. The Bertz CT molecular complexity index is 358. The third-order valence-electron chi connectivity index (χ3n) is 4.44. The zero-order valence-electron chi connectivity index (χ0n) is 12.1. The Labute approximate surface area is 112 Å². The molecule has 0 amide bonds. The monoisotopic (exact) mass is 245 g/mol. The van der Waals surface area contributed by atoms with Crippen molar-refractivity contribution in [1.82, 2.24) is 5.32 Å². The van der Waals surface area contributed by atoms with Gasteiger partial charge in [-0.15, -0.1) is 0 Å². The Kier molecular flexibility index (Phi) is 4.45. The maximum absolute atomic E-state index is 3.40. The second-order valence-corrected chi connectivity index (χ2v) is 6.31. The summed E-state index contributed by atoms with van der Waals surface area (Å²) in [6.07, 6.45) is 6.84. The Morgan fingerprint density at radius 1 is 1.11 bits per heavy atom. The molecule has 2 rings (SSSR count). The first-order valence-corrected chi connectivity index (χ1v) is 7.39. The smallest absolute Gasteiger partial charge is 0.000799 e. The van der Waals surface area contributed by atoms with E-state index >= 15 is 0 Å². The molecule has 0 aliphatic heterocycles. The summed E-state index contributed by atoms with van der Waals surface area (Å²) in [5, 5.41) is 3.40. The van der Waals surface area contributed by atoms with E-state index in [1.54, 1.807) is 0 Å². The summed E-state index contributed by atoms with van der Waals surface area (Å²) in [5.41, 5.74) is 3.48. The predicted octanol–water partition coefficient (Wildman–Crippen LogP) is 4.13. The van der Waals surface area contributed by atoms with Crippen molar-refractivity contribution in [1.29, 1.82) is 0 Å². The van der Waals surface area contributed by atoms with Gasteiger partial charge in [-0.1, -0.05) is 51.0 Å². The van der Waals surface area contributed by atoms with Gasteiger partial charge in [-0.25, -0.2) is 0 Å². The number of nitrogens with one attached hydrogen (secondary N) is 1. The van der Waals surface area contributed by atoms with Crippen molar-refractivity contribution in [2.75, 3.05) is 13.6 Å². The van der Waals surface area contributed by atoms with Gasteiger partial charge in [-0.05, 0) is 48.8 Å². The lowest BCUT2D eigenvalue weighted by Crippen LogP contribution is -2.32. The van der Waals surface area contributed by atoms with Crippen LogP contribution in [0.3, 0.4) is 0 Å². The lowest BCUT2D eigenvalue weighted by Gasteiger charge is -2.29. The minimum absolute atomic E-state index is 0.522. The van der Waals surface area contributed by atoms with Crippen LogP contribution in [0.1, 0.15) is 56.6 Å². The summed E-state index contributed by atoms with van der Waals surface area (Å²) in [6.45, 7) is 5.68. The molecule has 0 heterocycles. The second-order valence-electron chi connectivity index (χ2n) is 6.31. The normalized spacial score (nSPS) is 18.4. The fraction of sp³-hybridized carbons (Fsp3) is 0.647. The fourth-order valence-corrected chi connectivity index (χ4v) is 3.37. The molecule has 100 valence electrons. The van der Waals surface area contributed by atoms with E-state index in [9.17, 15) is 0 Å². The van der Waals surface area contributed by atoms with E-state index in [4.69, 9.17) is 0 Å². The molecule has 0 spiro atoms. The molecular weight excluding hydrogens is 218 g/mol. The molecule has 0 radical (unpaired) electrons. The highest BCUT2D eigenvalue weighted by Gasteiger charge is 2.33. The lowest BCUT2D eigenvalue weighted by atomic mass is 9.79. The fourth-order valence-electron chi connectivity index (χ4n) is 3.37. The first-order chi connectivity index (χ1) is 8.65. The van der Waals surface area contributed by atoms with Gasteiger partial charge in [0, 0.05) is 6.54 Å². The van der Waals surface area contributed by atoms with Crippen LogP contribution in [0.4, 0.5) is 0 Å². The van der Waals surface area contributed by atoms with Gasteiger partial charge in [0.05, 0.1) is 0 Å². The Morgan fingerprint density at radius 2 is 1.72 bits per heavy atom. The molecule has 1 heteroatoms. The Balaban J connectivity index is 2.07. The van der Waals surface area contributed by atoms with E-state index in [1.807, 2.05) is 0 Å². The Hall–Kier alpha value is -0.820. The first kappa shape index (κ1) is 13.6. The molecular formula is C17H27N. The van der Waals surface area contributed by atoms with Gasteiger partial charge < -0.3 is 5.32 Å². The van der Waals surface area contributed by atoms with E-state index in [1.165, 1.54) is 49.8 Å². The maximum atomic E-state index is 3.40. The molecule has 1 N–H and O–H groups in total. The third kappa shape index (κ3) is 3.14. The van der Waals surface area contributed by atoms with Crippen molar-refractivity contribution < 1.29 is 0 Å². The molecule has 0 bridgehead atoms. The number of rotatable bonds is 5. The van der Waals surface area contributed by atoms with E-state index in [2.05, 4.69) is 50.5 Å². The SMILES string of the molecule is CNCC1(Cc2ccc(C(C)C)cc2)CCCC1. The molecule has 1 aromatic rings. The summed E-state index contributed by atoms with van der Waals surface area (Å²) in [6, 6.07) is 9.29. The van der Waals surface area contributed by atoms with Gasteiger partial charge >= 0.3 is 0 Å². The molecule has 1 aliphatic rings. The van der Waals surface area contributed by atoms with Gasteiger partial charge in [0.25, 0.3) is 0 Å². The van der Waals surface area contributed by atoms with Crippen LogP contribution in [-0.4, -0.2) is 13.6 Å². The average Bonchev–Trinajstić information content (AvgIpc) is 2.79. The van der Waals surface area contributed by atoms with Gasteiger partial charge in [-0.3, -0.25) is 0 Å². The molecule has 1 nitrogen and oxygen atoms in total. The van der Waals surface area contributed by atoms with Crippen LogP contribution in [0.25, 0.3) is 0 Å². The lowest BCUT2D eigenvalue weighted by molar-refractivity contribution is 0.286. The topological polar surface area (TPSA) is 12.0 Å². The van der Waals surface area contributed by atoms with Crippen molar-refractivity contribution in [2.45, 2.75) is 51.9 Å². The minimum Gasteiger partial charge on any atom is -0.319 e. The van der Waals surface area contributed by atoms with Gasteiger partial charge in [-0.2, -0.15) is 0 Å². The largest absolute Gasteiger partial charge is 0.319 e. The average molecular weight is 245 g/mol. The summed E-state index contributed by atoms with van der Waals surface area (Å²) < 4.78 is 0. The standard InChI is InChI=1S/C17H27N/c1-14(2)16-8-6-15(7-9-16)12-17(13-18-3)10-4-5-11-17/h6-9,14,18H,4-5,10-13H2,1-3H3. The van der Waals surface area contributed by atoms with Gasteiger partial charge in [0.1, 0.15) is 0 Å². The van der Waals surface area contributed by atoms with Crippen molar-refractivity contribution in [3.05, 3.63) is 35.4 Å². The molecule has 1 aromatic carbocycles. The van der Waals surface area contributed by atoms with E-state index in [0.29, 0.717) is 11.3 Å². The molecule has 0 unspecified atom stereocenters. The quantitative estimate of drug-likeness (QED) is 0.822. The summed E-state index contributed by atoms with van der Waals surface area (Å²) in [4.78, 5) is 0. The van der Waals surface area contributed by atoms with Crippen LogP contribution >= 0.6 is 0 Å². The maximum Gasteiger partial charge on any atom is 0.000799 e. The highest BCUT2D eigenvalue weighted by molar-refractivity contribution is 5.25. The van der Waals surface area contributed by atoms with Gasteiger partial charge in [0.15, 0.2) is 0 Å². The molecule has 1 aliphatic carbocycles. The third-order valence-corrected chi connectivity index (χ3v) is 4.44. The summed E-state index contributed by atoms with van der Waals surface area (Å²) in [7, 11) is 2.09. The Morgan fingerprint density at radius 3 is 2.22 bits per heavy atom. The van der Waals surface area contributed by atoms with E-state index in [0.717, 1.165) is 0 Å². The van der Waals surface area contributed by atoms with Crippen LogP contribution in [-0.2, 0) is 6.42 Å². The van der Waals surface area contributed by atoms with E-state index in [-0.39, 0.29) is 0 Å². The first-order valence-electron chi connectivity index (χ1n) is 7.39. The minimum atomic E-state index is 0.522. The van der Waals surface area contributed by atoms with Crippen LogP contribution < -0.4 is 5.32 Å². The molecule has 1 saturated carbocycles. The van der Waals surface area contributed by atoms with E-state index < -0.39 is 0 Å².